The van der Waals surface area contributed by atoms with Crippen molar-refractivity contribution in [3.63, 3.8) is 0 Å². The van der Waals surface area contributed by atoms with Crippen LogP contribution in [0.25, 0.3) is 0 Å². The number of rotatable bonds is 4. The van der Waals surface area contributed by atoms with Crippen molar-refractivity contribution in [2.75, 3.05) is 18.4 Å². The lowest BCUT2D eigenvalue weighted by atomic mass is 10.1. The van der Waals surface area contributed by atoms with Gasteiger partial charge in [0.1, 0.15) is 0 Å². The molecule has 0 aliphatic rings. The Balaban J connectivity index is 1.77. The monoisotopic (exact) mass is 467 g/mol. The average molecular weight is 468 g/mol. The number of halogens is 4. The standard InChI is InChI=1S/C20H17BrF3N3O2/c1-13-10-16(21)7-8-17(13)27-18(28)12-26-19(29)25-9-3-5-14-4-2-6-15(11-14)20(22,23)24/h2,4,6-8,10-11H,9,12H2,1H3,(H,27,28)(H2,25,26,29). The fraction of sp³-hybridized carbons (Fsp3) is 0.200. The molecule has 5 nitrogen and oxygen atoms in total. The normalized spacial score (nSPS) is 10.5. The van der Waals surface area contributed by atoms with Gasteiger partial charge in [-0.1, -0.05) is 33.8 Å². The maximum absolute atomic E-state index is 12.6. The predicted molar refractivity (Wildman–Crippen MR) is 107 cm³/mol. The number of nitrogens with one attached hydrogen (secondary N) is 3. The zero-order chi connectivity index (χ0) is 21.4. The second kappa shape index (κ2) is 9.98. The summed E-state index contributed by atoms with van der Waals surface area (Å²) in [4.78, 5) is 23.6. The summed E-state index contributed by atoms with van der Waals surface area (Å²) in [6.07, 6.45) is -4.44. The van der Waals surface area contributed by atoms with Crippen molar-refractivity contribution in [1.29, 1.82) is 0 Å². The number of hydrogen-bond donors (Lipinski definition) is 3. The molecule has 29 heavy (non-hydrogen) atoms. The molecule has 0 saturated carbocycles. The molecule has 0 saturated heterocycles. The topological polar surface area (TPSA) is 70.2 Å². The Morgan fingerprint density at radius 2 is 1.86 bits per heavy atom. The van der Waals surface area contributed by atoms with E-state index in [1.807, 2.05) is 13.0 Å². The Hall–Kier alpha value is -2.99. The molecule has 0 atom stereocenters. The Morgan fingerprint density at radius 1 is 1.10 bits per heavy atom. The summed E-state index contributed by atoms with van der Waals surface area (Å²) in [6.45, 7) is 1.50. The highest BCUT2D eigenvalue weighted by Crippen LogP contribution is 2.29. The zero-order valence-corrected chi connectivity index (χ0v) is 16.9. The van der Waals surface area contributed by atoms with E-state index in [9.17, 15) is 22.8 Å². The lowest BCUT2D eigenvalue weighted by Gasteiger charge is -2.09. The number of alkyl halides is 3. The van der Waals surface area contributed by atoms with Crippen molar-refractivity contribution in [3.8, 4) is 11.8 Å². The number of urea groups is 1. The maximum atomic E-state index is 12.6. The van der Waals surface area contributed by atoms with Gasteiger partial charge in [-0.3, -0.25) is 4.79 Å². The van der Waals surface area contributed by atoms with Gasteiger partial charge in [-0.05, 0) is 48.9 Å². The molecule has 3 N–H and O–H groups in total. The van der Waals surface area contributed by atoms with Crippen molar-refractivity contribution in [1.82, 2.24) is 10.6 Å². The third-order valence-corrected chi connectivity index (χ3v) is 4.13. The SMILES string of the molecule is Cc1cc(Br)ccc1NC(=O)CNC(=O)NCC#Cc1cccc(C(F)(F)F)c1. The highest BCUT2D eigenvalue weighted by atomic mass is 79.9. The second-order valence-corrected chi connectivity index (χ2v) is 6.84. The van der Waals surface area contributed by atoms with Crippen LogP contribution in [0.5, 0.6) is 0 Å². The number of hydrogen-bond acceptors (Lipinski definition) is 2. The van der Waals surface area contributed by atoms with Gasteiger partial charge in [0.05, 0.1) is 18.7 Å². The van der Waals surface area contributed by atoms with Gasteiger partial charge in [-0.15, -0.1) is 0 Å². The highest BCUT2D eigenvalue weighted by molar-refractivity contribution is 9.10. The Labute approximate surface area is 174 Å². The predicted octanol–water partition coefficient (Wildman–Crippen LogP) is 4.07. The van der Waals surface area contributed by atoms with E-state index in [1.54, 1.807) is 12.1 Å². The van der Waals surface area contributed by atoms with Crippen LogP contribution in [0.2, 0.25) is 0 Å². The summed E-state index contributed by atoms with van der Waals surface area (Å²) >= 11 is 3.33. The lowest BCUT2D eigenvalue weighted by Crippen LogP contribution is -2.40. The third-order valence-electron chi connectivity index (χ3n) is 3.63. The van der Waals surface area contributed by atoms with Crippen LogP contribution in [0, 0.1) is 18.8 Å². The number of anilines is 1. The molecular weight excluding hydrogens is 451 g/mol. The Bertz CT molecular complexity index is 965. The molecular formula is C20H17BrF3N3O2. The van der Waals surface area contributed by atoms with E-state index in [0.29, 0.717) is 5.69 Å². The molecule has 0 spiro atoms. The second-order valence-electron chi connectivity index (χ2n) is 5.92. The molecule has 0 bridgehead atoms. The van der Waals surface area contributed by atoms with Gasteiger partial charge in [-0.25, -0.2) is 4.79 Å². The zero-order valence-electron chi connectivity index (χ0n) is 15.3. The summed E-state index contributed by atoms with van der Waals surface area (Å²) in [7, 11) is 0. The molecule has 0 aromatic heterocycles. The van der Waals surface area contributed by atoms with Crippen LogP contribution < -0.4 is 16.0 Å². The molecule has 0 fully saturated rings. The number of carbonyl (C=O) groups is 2. The maximum Gasteiger partial charge on any atom is 0.416 e. The van der Waals surface area contributed by atoms with Crippen LogP contribution in [0.15, 0.2) is 46.9 Å². The van der Waals surface area contributed by atoms with Crippen LogP contribution >= 0.6 is 15.9 Å². The van der Waals surface area contributed by atoms with Gasteiger partial charge in [0.25, 0.3) is 0 Å². The molecule has 0 aliphatic heterocycles. The van der Waals surface area contributed by atoms with Crippen molar-refractivity contribution >= 4 is 33.6 Å². The summed E-state index contributed by atoms with van der Waals surface area (Å²) in [5.74, 6) is 4.70. The van der Waals surface area contributed by atoms with E-state index in [-0.39, 0.29) is 18.7 Å². The van der Waals surface area contributed by atoms with Crippen molar-refractivity contribution < 1.29 is 22.8 Å². The van der Waals surface area contributed by atoms with Gasteiger partial charge in [-0.2, -0.15) is 13.2 Å². The van der Waals surface area contributed by atoms with E-state index in [4.69, 9.17) is 0 Å². The number of aryl methyl sites for hydroxylation is 1. The highest BCUT2D eigenvalue weighted by Gasteiger charge is 2.30. The molecule has 9 heteroatoms. The third kappa shape index (κ3) is 7.50. The minimum atomic E-state index is -4.44. The van der Waals surface area contributed by atoms with Crippen LogP contribution in [-0.2, 0) is 11.0 Å². The molecule has 152 valence electrons. The number of amides is 3. The van der Waals surface area contributed by atoms with E-state index >= 15 is 0 Å². The summed E-state index contributed by atoms with van der Waals surface area (Å²) in [5, 5.41) is 7.45. The van der Waals surface area contributed by atoms with Gasteiger partial charge in [0.15, 0.2) is 0 Å². The van der Waals surface area contributed by atoms with E-state index < -0.39 is 23.7 Å². The van der Waals surface area contributed by atoms with Gasteiger partial charge >= 0.3 is 12.2 Å². The first-order chi connectivity index (χ1) is 13.6. The number of benzene rings is 2. The summed E-state index contributed by atoms with van der Waals surface area (Å²) in [6, 6.07) is 9.34. The first kappa shape index (κ1) is 22.3. The van der Waals surface area contributed by atoms with Gasteiger partial charge in [0, 0.05) is 15.7 Å². The van der Waals surface area contributed by atoms with Crippen LogP contribution in [0.4, 0.5) is 23.7 Å². The van der Waals surface area contributed by atoms with Crippen molar-refractivity contribution in [2.24, 2.45) is 0 Å². The lowest BCUT2D eigenvalue weighted by molar-refractivity contribution is -0.137. The Morgan fingerprint density at radius 3 is 2.55 bits per heavy atom. The molecule has 0 unspecified atom stereocenters. The van der Waals surface area contributed by atoms with Crippen molar-refractivity contribution in [2.45, 2.75) is 13.1 Å². The van der Waals surface area contributed by atoms with E-state index in [2.05, 4.69) is 43.7 Å². The van der Waals surface area contributed by atoms with Crippen LogP contribution in [0.3, 0.4) is 0 Å². The first-order valence-corrected chi connectivity index (χ1v) is 9.18. The van der Waals surface area contributed by atoms with Gasteiger partial charge < -0.3 is 16.0 Å². The minimum Gasteiger partial charge on any atom is -0.329 e. The fourth-order valence-electron chi connectivity index (χ4n) is 2.23. The molecule has 3 amide bonds. The molecule has 2 aromatic carbocycles. The van der Waals surface area contributed by atoms with Crippen molar-refractivity contribution in [3.05, 3.63) is 63.6 Å². The number of carbonyl (C=O) groups excluding carboxylic acids is 2. The van der Waals surface area contributed by atoms with E-state index in [1.165, 1.54) is 12.1 Å². The first-order valence-electron chi connectivity index (χ1n) is 8.39. The van der Waals surface area contributed by atoms with E-state index in [0.717, 1.165) is 22.2 Å². The molecule has 2 aromatic rings. The average Bonchev–Trinajstić information content (AvgIpc) is 2.65. The largest absolute Gasteiger partial charge is 0.416 e. The summed E-state index contributed by atoms with van der Waals surface area (Å²) < 4.78 is 38.8. The Kier molecular flexibility index (Phi) is 7.67. The molecule has 2 rings (SSSR count). The van der Waals surface area contributed by atoms with Crippen LogP contribution in [0.1, 0.15) is 16.7 Å². The minimum absolute atomic E-state index is 0.0878. The molecule has 0 radical (unpaired) electrons. The smallest absolute Gasteiger partial charge is 0.329 e. The fourth-order valence-corrected chi connectivity index (χ4v) is 2.70. The quantitative estimate of drug-likeness (QED) is 0.593. The van der Waals surface area contributed by atoms with Crippen LogP contribution in [-0.4, -0.2) is 25.0 Å². The molecule has 0 heterocycles. The van der Waals surface area contributed by atoms with Gasteiger partial charge in [0.2, 0.25) is 5.91 Å². The molecule has 0 aliphatic carbocycles. The summed E-state index contributed by atoms with van der Waals surface area (Å²) in [5.41, 5.74) is 0.891.